The lowest BCUT2D eigenvalue weighted by atomic mass is 10.3. The zero-order chi connectivity index (χ0) is 12.3. The summed E-state index contributed by atoms with van der Waals surface area (Å²) in [6.07, 6.45) is 1.89. The predicted octanol–water partition coefficient (Wildman–Crippen LogP) is 4.11. The van der Waals surface area contributed by atoms with Crippen LogP contribution in [0.1, 0.15) is 6.92 Å². The first-order valence-electron chi connectivity index (χ1n) is 5.25. The molecule has 0 saturated heterocycles. The summed E-state index contributed by atoms with van der Waals surface area (Å²) in [7, 11) is -3.20. The molecule has 88 valence electrons. The topological polar surface area (TPSA) is 18.5 Å². The number of hydrogen-bond donors (Lipinski definition) is 0. The van der Waals surface area contributed by atoms with E-state index in [0.29, 0.717) is 5.95 Å². The quantitative estimate of drug-likeness (QED) is 0.412. The van der Waals surface area contributed by atoms with Gasteiger partial charge < -0.3 is 8.85 Å². The van der Waals surface area contributed by atoms with Crippen LogP contribution in [0.15, 0.2) is 24.2 Å². The minimum Gasteiger partial charge on any atom is -0.521 e. The average molecular weight is 244 g/mol. The molecule has 15 heavy (non-hydrogen) atoms. The van der Waals surface area contributed by atoms with Crippen LogP contribution in [0.2, 0.25) is 39.3 Å². The van der Waals surface area contributed by atoms with E-state index < -0.39 is 16.6 Å². The molecular formula is C11H24O2Si2. The van der Waals surface area contributed by atoms with Gasteiger partial charge in [0.1, 0.15) is 0 Å². The SMILES string of the molecule is C=C(C)C=C(O[Si](C)(C)C)O[Si](C)(C)C. The van der Waals surface area contributed by atoms with Gasteiger partial charge in [0, 0.05) is 6.08 Å². The van der Waals surface area contributed by atoms with Crippen molar-refractivity contribution in [3.63, 3.8) is 0 Å². The van der Waals surface area contributed by atoms with Gasteiger partial charge in [0.15, 0.2) is 0 Å². The van der Waals surface area contributed by atoms with Crippen LogP contribution in [0.3, 0.4) is 0 Å². The third-order valence-corrected chi connectivity index (χ3v) is 2.80. The maximum absolute atomic E-state index is 5.88. The molecule has 0 saturated carbocycles. The van der Waals surface area contributed by atoms with Crippen molar-refractivity contribution in [2.75, 3.05) is 0 Å². The monoisotopic (exact) mass is 244 g/mol. The van der Waals surface area contributed by atoms with Gasteiger partial charge in [0.05, 0.1) is 0 Å². The molecule has 0 fully saturated rings. The van der Waals surface area contributed by atoms with Gasteiger partial charge >= 0.3 is 0 Å². The highest BCUT2D eigenvalue weighted by Crippen LogP contribution is 2.18. The first kappa shape index (κ1) is 14.5. The lowest BCUT2D eigenvalue weighted by Gasteiger charge is -2.27. The first-order chi connectivity index (χ1) is 6.49. The summed E-state index contributed by atoms with van der Waals surface area (Å²) >= 11 is 0. The highest BCUT2D eigenvalue weighted by Gasteiger charge is 2.23. The van der Waals surface area contributed by atoms with Crippen molar-refractivity contribution in [1.29, 1.82) is 0 Å². The lowest BCUT2D eigenvalue weighted by molar-refractivity contribution is 0.216. The van der Waals surface area contributed by atoms with E-state index in [1.165, 1.54) is 0 Å². The van der Waals surface area contributed by atoms with E-state index in [9.17, 15) is 0 Å². The zero-order valence-electron chi connectivity index (χ0n) is 11.1. The van der Waals surface area contributed by atoms with E-state index in [0.717, 1.165) is 5.57 Å². The molecule has 0 bridgehead atoms. The van der Waals surface area contributed by atoms with Crippen LogP contribution in [0.25, 0.3) is 0 Å². The Hall–Kier alpha value is -0.486. The van der Waals surface area contributed by atoms with Crippen molar-refractivity contribution >= 4 is 16.6 Å². The maximum atomic E-state index is 5.88. The van der Waals surface area contributed by atoms with Gasteiger partial charge in [-0.3, -0.25) is 0 Å². The third-order valence-electron chi connectivity index (χ3n) is 1.18. The minimum absolute atomic E-state index is 0.654. The van der Waals surface area contributed by atoms with Gasteiger partial charge in [-0.25, -0.2) is 0 Å². The molecule has 0 unspecified atom stereocenters. The normalized spacial score (nSPS) is 11.9. The number of hydrogen-bond acceptors (Lipinski definition) is 2. The fourth-order valence-electron chi connectivity index (χ4n) is 0.884. The summed E-state index contributed by atoms with van der Waals surface area (Å²) in [6, 6.07) is 0. The molecule has 0 N–H and O–H groups in total. The zero-order valence-corrected chi connectivity index (χ0v) is 13.1. The van der Waals surface area contributed by atoms with Gasteiger partial charge in [-0.1, -0.05) is 12.2 Å². The van der Waals surface area contributed by atoms with Gasteiger partial charge in [-0.15, -0.1) is 0 Å². The number of allylic oxidation sites excluding steroid dienone is 2. The van der Waals surface area contributed by atoms with Crippen LogP contribution >= 0.6 is 0 Å². The molecule has 0 amide bonds. The Morgan fingerprint density at radius 2 is 1.27 bits per heavy atom. The Labute approximate surface area is 96.2 Å². The Morgan fingerprint density at radius 3 is 1.47 bits per heavy atom. The van der Waals surface area contributed by atoms with Crippen LogP contribution < -0.4 is 0 Å². The molecule has 0 spiro atoms. The summed E-state index contributed by atoms with van der Waals surface area (Å²) in [5, 5.41) is 0. The van der Waals surface area contributed by atoms with Crippen LogP contribution in [-0.4, -0.2) is 16.6 Å². The van der Waals surface area contributed by atoms with Crippen LogP contribution in [-0.2, 0) is 8.85 Å². The Bertz CT molecular complexity index is 239. The van der Waals surface area contributed by atoms with Gasteiger partial charge in [-0.2, -0.15) is 0 Å². The molecule has 4 heteroatoms. The average Bonchev–Trinajstić information content (AvgIpc) is 1.73. The van der Waals surface area contributed by atoms with E-state index in [1.807, 2.05) is 13.0 Å². The van der Waals surface area contributed by atoms with Gasteiger partial charge in [0.25, 0.3) is 5.95 Å². The van der Waals surface area contributed by atoms with Crippen molar-refractivity contribution in [3.05, 3.63) is 24.2 Å². The minimum atomic E-state index is -1.60. The molecular weight excluding hydrogens is 220 g/mol. The van der Waals surface area contributed by atoms with Gasteiger partial charge in [0.2, 0.25) is 16.6 Å². The highest BCUT2D eigenvalue weighted by molar-refractivity contribution is 6.71. The smallest absolute Gasteiger partial charge is 0.251 e. The fraction of sp³-hybridized carbons (Fsp3) is 0.636. The predicted molar refractivity (Wildman–Crippen MR) is 71.8 cm³/mol. The highest BCUT2D eigenvalue weighted by atomic mass is 28.4. The summed E-state index contributed by atoms with van der Waals surface area (Å²) in [4.78, 5) is 0. The molecule has 0 rings (SSSR count). The molecule has 0 aliphatic heterocycles. The fourth-order valence-corrected chi connectivity index (χ4v) is 2.38. The molecule has 0 aromatic carbocycles. The molecule has 0 radical (unpaired) electrons. The van der Waals surface area contributed by atoms with Crippen molar-refractivity contribution in [2.45, 2.75) is 46.2 Å². The van der Waals surface area contributed by atoms with Crippen molar-refractivity contribution in [1.82, 2.24) is 0 Å². The second kappa shape index (κ2) is 5.03. The summed E-state index contributed by atoms with van der Waals surface area (Å²) in [5.41, 5.74) is 0.960. The van der Waals surface area contributed by atoms with Crippen molar-refractivity contribution < 1.29 is 8.85 Å². The molecule has 0 heterocycles. The van der Waals surface area contributed by atoms with Gasteiger partial charge in [-0.05, 0) is 46.2 Å². The molecule has 0 aromatic rings. The molecule has 0 aliphatic rings. The van der Waals surface area contributed by atoms with Crippen molar-refractivity contribution in [2.24, 2.45) is 0 Å². The van der Waals surface area contributed by atoms with Crippen molar-refractivity contribution in [3.8, 4) is 0 Å². The standard InChI is InChI=1S/C11H24O2Si2/c1-10(2)9-11(12-14(3,4)5)13-15(6,7)8/h9H,1H2,2-8H3. The van der Waals surface area contributed by atoms with Crippen LogP contribution in [0.5, 0.6) is 0 Å². The second-order valence-corrected chi connectivity index (χ2v) is 14.6. The third kappa shape index (κ3) is 9.81. The Morgan fingerprint density at radius 1 is 0.933 bits per heavy atom. The molecule has 0 aromatic heterocycles. The van der Waals surface area contributed by atoms with E-state index in [4.69, 9.17) is 8.85 Å². The molecule has 0 aliphatic carbocycles. The van der Waals surface area contributed by atoms with Crippen LogP contribution in [0, 0.1) is 0 Å². The number of rotatable bonds is 5. The Kier molecular flexibility index (Phi) is 4.87. The van der Waals surface area contributed by atoms with E-state index in [2.05, 4.69) is 45.9 Å². The van der Waals surface area contributed by atoms with Crippen LogP contribution in [0.4, 0.5) is 0 Å². The lowest BCUT2D eigenvalue weighted by Crippen LogP contribution is -2.31. The second-order valence-electron chi connectivity index (χ2n) is 5.74. The van der Waals surface area contributed by atoms with E-state index >= 15 is 0 Å². The Balaban J connectivity index is 4.69. The summed E-state index contributed by atoms with van der Waals surface area (Å²) in [6.45, 7) is 18.7. The largest absolute Gasteiger partial charge is 0.521 e. The summed E-state index contributed by atoms with van der Waals surface area (Å²) in [5.74, 6) is 0.654. The van der Waals surface area contributed by atoms with E-state index in [1.54, 1.807) is 0 Å². The molecule has 2 nitrogen and oxygen atoms in total. The van der Waals surface area contributed by atoms with E-state index in [-0.39, 0.29) is 0 Å². The first-order valence-corrected chi connectivity index (χ1v) is 12.1. The summed E-state index contributed by atoms with van der Waals surface area (Å²) < 4.78 is 11.8. The molecule has 0 atom stereocenters. The maximum Gasteiger partial charge on any atom is 0.251 e.